The van der Waals surface area contributed by atoms with Crippen LogP contribution in [0.25, 0.3) is 0 Å². The second-order valence-electron chi connectivity index (χ2n) is 5.17. The highest BCUT2D eigenvalue weighted by Crippen LogP contribution is 2.37. The van der Waals surface area contributed by atoms with Gasteiger partial charge in [0.1, 0.15) is 0 Å². The minimum Gasteiger partial charge on any atom is -0.447 e. The summed E-state index contributed by atoms with van der Waals surface area (Å²) in [6.07, 6.45) is 14.3. The van der Waals surface area contributed by atoms with Crippen molar-refractivity contribution in [2.24, 2.45) is 5.73 Å². The molecular weight excluding hydrogens is 302 g/mol. The predicted molar refractivity (Wildman–Crippen MR) is 96.0 cm³/mol. The van der Waals surface area contributed by atoms with Crippen molar-refractivity contribution in [1.29, 1.82) is 0 Å². The molecule has 124 valence electrons. The molecule has 0 saturated heterocycles. The molecule has 1 aromatic rings. The van der Waals surface area contributed by atoms with E-state index in [9.17, 15) is 4.79 Å². The Morgan fingerprint density at radius 2 is 1.92 bits per heavy atom. The highest BCUT2D eigenvalue weighted by Gasteiger charge is 2.27. The van der Waals surface area contributed by atoms with Gasteiger partial charge in [0.25, 0.3) is 6.29 Å². The lowest BCUT2D eigenvalue weighted by atomic mass is 10.1. The van der Waals surface area contributed by atoms with E-state index in [4.69, 9.17) is 15.2 Å². The molecule has 0 aromatic heterocycles. The molecule has 1 unspecified atom stereocenters. The summed E-state index contributed by atoms with van der Waals surface area (Å²) in [5, 5.41) is 0. The maximum Gasteiger partial charge on any atom is 0.264 e. The van der Waals surface area contributed by atoms with Gasteiger partial charge in [-0.15, -0.1) is 13.2 Å². The van der Waals surface area contributed by atoms with Gasteiger partial charge in [0, 0.05) is 11.1 Å². The molecule has 1 amide bonds. The number of ether oxygens (including phenoxy) is 2. The monoisotopic (exact) mass is 323 g/mol. The van der Waals surface area contributed by atoms with Gasteiger partial charge in [-0.05, 0) is 31.0 Å². The third-order valence-corrected chi connectivity index (χ3v) is 3.35. The van der Waals surface area contributed by atoms with E-state index in [0.717, 1.165) is 12.0 Å². The van der Waals surface area contributed by atoms with Crippen LogP contribution in [0.1, 0.15) is 23.2 Å². The summed E-state index contributed by atoms with van der Waals surface area (Å²) in [5.41, 5.74) is 6.60. The highest BCUT2D eigenvalue weighted by molar-refractivity contribution is 5.93. The van der Waals surface area contributed by atoms with E-state index >= 15 is 0 Å². The van der Waals surface area contributed by atoms with Crippen LogP contribution in [0.4, 0.5) is 0 Å². The summed E-state index contributed by atoms with van der Waals surface area (Å²) in [4.78, 5) is 11.2. The largest absolute Gasteiger partial charge is 0.447 e. The summed E-state index contributed by atoms with van der Waals surface area (Å²) in [7, 11) is 0. The number of fused-ring (bicyclic) bond motifs is 1. The van der Waals surface area contributed by atoms with E-state index in [-0.39, 0.29) is 0 Å². The fourth-order valence-corrected chi connectivity index (χ4v) is 2.16. The Labute approximate surface area is 142 Å². The van der Waals surface area contributed by atoms with Crippen molar-refractivity contribution in [3.63, 3.8) is 0 Å². The molecule has 24 heavy (non-hydrogen) atoms. The van der Waals surface area contributed by atoms with Crippen LogP contribution in [-0.2, 0) is 0 Å². The maximum atomic E-state index is 11.2. The van der Waals surface area contributed by atoms with Crippen molar-refractivity contribution >= 4 is 5.91 Å². The van der Waals surface area contributed by atoms with Crippen LogP contribution in [0, 0.1) is 0 Å². The van der Waals surface area contributed by atoms with Crippen molar-refractivity contribution in [1.82, 2.24) is 0 Å². The number of nitrogens with two attached hydrogens (primary N) is 1. The molecule has 0 radical (unpaired) electrons. The Hall–Kier alpha value is -3.01. The normalized spacial score (nSPS) is 16.7. The molecule has 0 spiro atoms. The zero-order valence-corrected chi connectivity index (χ0v) is 13.5. The quantitative estimate of drug-likeness (QED) is 0.579. The Kier molecular flexibility index (Phi) is 6.20. The van der Waals surface area contributed by atoms with Gasteiger partial charge < -0.3 is 15.2 Å². The van der Waals surface area contributed by atoms with Gasteiger partial charge in [0.15, 0.2) is 11.5 Å². The Bertz CT molecular complexity index is 714. The van der Waals surface area contributed by atoms with Gasteiger partial charge in [0.05, 0.1) is 0 Å². The number of rotatable bonds is 8. The number of allylic oxidation sites excluding steroid dienone is 7. The van der Waals surface area contributed by atoms with Crippen molar-refractivity contribution in [2.45, 2.75) is 19.1 Å². The smallest absolute Gasteiger partial charge is 0.264 e. The summed E-state index contributed by atoms with van der Waals surface area (Å²) in [6.45, 7) is 7.42. The predicted octanol–water partition coefficient (Wildman–Crippen LogP) is 4.07. The second kappa shape index (κ2) is 8.58. The fourth-order valence-electron chi connectivity index (χ4n) is 2.16. The molecule has 1 aliphatic heterocycles. The fraction of sp³-hybridized carbons (Fsp3) is 0.150. The molecule has 1 heterocycles. The number of hydrogen-bond acceptors (Lipinski definition) is 3. The first-order valence-electron chi connectivity index (χ1n) is 7.67. The molecule has 4 nitrogen and oxygen atoms in total. The molecule has 2 N–H and O–H groups in total. The lowest BCUT2D eigenvalue weighted by Crippen LogP contribution is -2.20. The van der Waals surface area contributed by atoms with Crippen molar-refractivity contribution in [3.8, 4) is 11.5 Å². The van der Waals surface area contributed by atoms with Gasteiger partial charge in [0.2, 0.25) is 5.91 Å². The lowest BCUT2D eigenvalue weighted by molar-refractivity contribution is 0.0819. The average molecular weight is 323 g/mol. The standard InChI is InChI=1S/C20H21NO3/c1-3-5-6-7-8-9-11-15(10-4-2)20-23-17-13-12-16(19(21)22)14-18(17)24-20/h3-4,6-9,11-14,20H,1-2,5,10H2,(H2,21,22)/b7-6+,9-8+,15-11-. The van der Waals surface area contributed by atoms with Gasteiger partial charge in [-0.2, -0.15) is 0 Å². The highest BCUT2D eigenvalue weighted by atomic mass is 16.7. The number of carbonyl (C=O) groups is 1. The molecule has 0 aliphatic carbocycles. The van der Waals surface area contributed by atoms with Crippen LogP contribution < -0.4 is 15.2 Å². The first kappa shape index (κ1) is 17.3. The van der Waals surface area contributed by atoms with Crippen molar-refractivity contribution < 1.29 is 14.3 Å². The molecule has 2 rings (SSSR count). The summed E-state index contributed by atoms with van der Waals surface area (Å²) < 4.78 is 11.6. The summed E-state index contributed by atoms with van der Waals surface area (Å²) in [5.74, 6) is 0.608. The SMILES string of the molecule is C=CC/C=C/C=C/C=C(/CC=C)C1Oc2ccc(C(N)=O)cc2O1. The number of primary amides is 1. The Balaban J connectivity index is 2.11. The van der Waals surface area contributed by atoms with E-state index in [1.807, 2.05) is 36.5 Å². The maximum absolute atomic E-state index is 11.2. The number of amides is 1. The first-order valence-corrected chi connectivity index (χ1v) is 7.67. The van der Waals surface area contributed by atoms with Crippen LogP contribution in [-0.4, -0.2) is 12.2 Å². The second-order valence-corrected chi connectivity index (χ2v) is 5.17. The molecule has 0 bridgehead atoms. The average Bonchev–Trinajstić information content (AvgIpc) is 2.99. The van der Waals surface area contributed by atoms with Gasteiger partial charge >= 0.3 is 0 Å². The minimum absolute atomic E-state index is 0.388. The van der Waals surface area contributed by atoms with E-state index in [1.165, 1.54) is 0 Å². The topological polar surface area (TPSA) is 61.5 Å². The van der Waals surface area contributed by atoms with Gasteiger partial charge in [-0.3, -0.25) is 4.79 Å². The summed E-state index contributed by atoms with van der Waals surface area (Å²) in [6, 6.07) is 4.90. The van der Waals surface area contributed by atoms with Crippen LogP contribution in [0.15, 0.2) is 79.5 Å². The molecule has 1 aliphatic rings. The Morgan fingerprint density at radius 1 is 1.12 bits per heavy atom. The third-order valence-electron chi connectivity index (χ3n) is 3.35. The molecule has 1 aromatic carbocycles. The van der Waals surface area contributed by atoms with E-state index < -0.39 is 12.2 Å². The number of hydrogen-bond donors (Lipinski definition) is 1. The molecule has 4 heteroatoms. The summed E-state index contributed by atoms with van der Waals surface area (Å²) >= 11 is 0. The van der Waals surface area contributed by atoms with Crippen LogP contribution in [0.5, 0.6) is 11.5 Å². The first-order chi connectivity index (χ1) is 11.7. The van der Waals surface area contributed by atoms with Crippen LogP contribution in [0.2, 0.25) is 0 Å². The number of benzene rings is 1. The zero-order valence-electron chi connectivity index (χ0n) is 13.5. The third kappa shape index (κ3) is 4.49. The van der Waals surface area contributed by atoms with E-state index in [2.05, 4.69) is 13.2 Å². The van der Waals surface area contributed by atoms with E-state index in [1.54, 1.807) is 24.3 Å². The van der Waals surface area contributed by atoms with Gasteiger partial charge in [-0.25, -0.2) is 0 Å². The molecule has 0 saturated carbocycles. The Morgan fingerprint density at radius 3 is 2.62 bits per heavy atom. The van der Waals surface area contributed by atoms with E-state index in [0.29, 0.717) is 23.5 Å². The number of carbonyl (C=O) groups excluding carboxylic acids is 1. The van der Waals surface area contributed by atoms with Crippen LogP contribution >= 0.6 is 0 Å². The van der Waals surface area contributed by atoms with Crippen molar-refractivity contribution in [2.75, 3.05) is 0 Å². The molecular formula is C20H21NO3. The van der Waals surface area contributed by atoms with Gasteiger partial charge in [-0.1, -0.05) is 42.5 Å². The molecule has 1 atom stereocenters. The molecule has 0 fully saturated rings. The van der Waals surface area contributed by atoms with Crippen molar-refractivity contribution in [3.05, 3.63) is 85.0 Å². The minimum atomic E-state index is -0.539. The zero-order chi connectivity index (χ0) is 17.4. The van der Waals surface area contributed by atoms with Crippen LogP contribution in [0.3, 0.4) is 0 Å². The lowest BCUT2D eigenvalue weighted by Gasteiger charge is -2.12.